The summed E-state index contributed by atoms with van der Waals surface area (Å²) in [6.07, 6.45) is 5.92. The van der Waals surface area contributed by atoms with Crippen molar-refractivity contribution in [1.29, 1.82) is 0 Å². The molecule has 1 fully saturated rings. The van der Waals surface area contributed by atoms with E-state index in [0.717, 1.165) is 32.4 Å². The molecule has 0 aromatic rings. The van der Waals surface area contributed by atoms with E-state index in [-0.39, 0.29) is 36.4 Å². The van der Waals surface area contributed by atoms with E-state index >= 15 is 0 Å². The maximum atomic E-state index is 11.7. The highest BCUT2D eigenvalue weighted by Gasteiger charge is 2.14. The molecule has 7 heteroatoms. The average molecular weight is 440 g/mol. The van der Waals surface area contributed by atoms with Crippen molar-refractivity contribution in [3.05, 3.63) is 0 Å². The van der Waals surface area contributed by atoms with E-state index in [2.05, 4.69) is 29.5 Å². The number of nitrogens with one attached hydrogen (secondary N) is 2. The summed E-state index contributed by atoms with van der Waals surface area (Å²) >= 11 is 0. The molecule has 6 nitrogen and oxygen atoms in total. The second-order valence-corrected chi connectivity index (χ2v) is 6.11. The Labute approximate surface area is 157 Å². The summed E-state index contributed by atoms with van der Waals surface area (Å²) in [4.78, 5) is 17.6. The number of likely N-dealkylation sites (N-methyl/N-ethyl adjacent to an activating group) is 1. The van der Waals surface area contributed by atoms with Crippen molar-refractivity contribution < 1.29 is 9.53 Å². The van der Waals surface area contributed by atoms with Crippen LogP contribution in [0.2, 0.25) is 0 Å². The van der Waals surface area contributed by atoms with Gasteiger partial charge in [-0.05, 0) is 39.0 Å². The quantitative estimate of drug-likeness (QED) is 0.361. The van der Waals surface area contributed by atoms with Gasteiger partial charge >= 0.3 is 0 Å². The number of aliphatic imine (C=N–C) groups is 1. The highest BCUT2D eigenvalue weighted by molar-refractivity contribution is 14.0. The number of hydrogen-bond acceptors (Lipinski definition) is 3. The standard InChI is InChI=1S/C16H32N4O2.HI/c1-5-13(2)19-16(18-12-15(21)20(3)4)17-10-9-14-8-6-7-11-22-14;/h13-14H,5-12H2,1-4H3,(H2,17,18,19);1H. The van der Waals surface area contributed by atoms with Gasteiger partial charge in [0, 0.05) is 33.3 Å². The van der Waals surface area contributed by atoms with Crippen LogP contribution in [0.25, 0.3) is 0 Å². The van der Waals surface area contributed by atoms with Crippen LogP contribution < -0.4 is 10.6 Å². The fourth-order valence-electron chi connectivity index (χ4n) is 2.16. The second-order valence-electron chi connectivity index (χ2n) is 6.11. The van der Waals surface area contributed by atoms with E-state index in [1.807, 2.05) is 0 Å². The van der Waals surface area contributed by atoms with Crippen molar-refractivity contribution in [2.45, 2.75) is 58.1 Å². The molecule has 0 spiro atoms. The van der Waals surface area contributed by atoms with Crippen LogP contribution in [0.5, 0.6) is 0 Å². The first-order valence-electron chi connectivity index (χ1n) is 8.39. The molecule has 1 saturated heterocycles. The van der Waals surface area contributed by atoms with Crippen LogP contribution in [0.3, 0.4) is 0 Å². The summed E-state index contributed by atoms with van der Waals surface area (Å²) in [5.74, 6) is 0.709. The van der Waals surface area contributed by atoms with Gasteiger partial charge in [0.1, 0.15) is 6.54 Å². The SMILES string of the molecule is CCC(C)NC(=NCC(=O)N(C)C)NCCC1CCCCO1.I. The smallest absolute Gasteiger partial charge is 0.243 e. The minimum Gasteiger partial charge on any atom is -0.378 e. The van der Waals surface area contributed by atoms with Gasteiger partial charge in [0.15, 0.2) is 5.96 Å². The molecule has 0 aliphatic carbocycles. The van der Waals surface area contributed by atoms with E-state index in [9.17, 15) is 4.79 Å². The van der Waals surface area contributed by atoms with Crippen molar-refractivity contribution in [3.63, 3.8) is 0 Å². The summed E-state index contributed by atoms with van der Waals surface area (Å²) < 4.78 is 5.73. The predicted octanol–water partition coefficient (Wildman–Crippen LogP) is 1.99. The van der Waals surface area contributed by atoms with Crippen LogP contribution in [-0.4, -0.2) is 62.7 Å². The highest BCUT2D eigenvalue weighted by Crippen LogP contribution is 2.14. The summed E-state index contributed by atoms with van der Waals surface area (Å²) in [7, 11) is 3.49. The molecular formula is C16H33IN4O2. The lowest BCUT2D eigenvalue weighted by Gasteiger charge is -2.23. The van der Waals surface area contributed by atoms with Crippen LogP contribution in [0.1, 0.15) is 46.0 Å². The van der Waals surface area contributed by atoms with Crippen molar-refractivity contribution in [3.8, 4) is 0 Å². The molecule has 0 radical (unpaired) electrons. The zero-order chi connectivity index (χ0) is 16.4. The maximum Gasteiger partial charge on any atom is 0.243 e. The Bertz CT molecular complexity index is 358. The molecule has 2 unspecified atom stereocenters. The van der Waals surface area contributed by atoms with Crippen LogP contribution in [0.15, 0.2) is 4.99 Å². The third-order valence-corrected chi connectivity index (χ3v) is 3.90. The van der Waals surface area contributed by atoms with Gasteiger partial charge in [-0.25, -0.2) is 4.99 Å². The molecule has 2 N–H and O–H groups in total. The molecule has 0 bridgehead atoms. The van der Waals surface area contributed by atoms with Gasteiger partial charge in [-0.3, -0.25) is 4.79 Å². The zero-order valence-corrected chi connectivity index (χ0v) is 17.3. The molecule has 0 aromatic carbocycles. The zero-order valence-electron chi connectivity index (χ0n) is 14.9. The number of ether oxygens (including phenoxy) is 1. The molecule has 1 aliphatic rings. The number of nitrogens with zero attached hydrogens (tertiary/aromatic N) is 2. The lowest BCUT2D eigenvalue weighted by atomic mass is 10.1. The number of amides is 1. The predicted molar refractivity (Wildman–Crippen MR) is 106 cm³/mol. The second kappa shape index (κ2) is 12.8. The third-order valence-electron chi connectivity index (χ3n) is 3.90. The number of guanidine groups is 1. The summed E-state index contributed by atoms with van der Waals surface area (Å²) in [6.45, 7) is 6.08. The Hall–Kier alpha value is -0.570. The van der Waals surface area contributed by atoms with Gasteiger partial charge in [0.05, 0.1) is 6.10 Å². The van der Waals surface area contributed by atoms with Crippen molar-refractivity contribution >= 4 is 35.8 Å². The lowest BCUT2D eigenvalue weighted by molar-refractivity contribution is -0.127. The van der Waals surface area contributed by atoms with E-state index in [0.29, 0.717) is 18.1 Å². The highest BCUT2D eigenvalue weighted by atomic mass is 127. The van der Waals surface area contributed by atoms with Crippen LogP contribution >= 0.6 is 24.0 Å². The summed E-state index contributed by atoms with van der Waals surface area (Å²) in [5, 5.41) is 6.64. The molecule has 1 amide bonds. The lowest BCUT2D eigenvalue weighted by Crippen LogP contribution is -2.43. The van der Waals surface area contributed by atoms with Crippen molar-refractivity contribution in [2.75, 3.05) is 33.8 Å². The Morgan fingerprint density at radius 2 is 2.13 bits per heavy atom. The van der Waals surface area contributed by atoms with Crippen molar-refractivity contribution in [1.82, 2.24) is 15.5 Å². The van der Waals surface area contributed by atoms with Gasteiger partial charge in [0.2, 0.25) is 5.91 Å². The molecule has 23 heavy (non-hydrogen) atoms. The monoisotopic (exact) mass is 440 g/mol. The number of carbonyl (C=O) groups excluding carboxylic acids is 1. The van der Waals surface area contributed by atoms with Gasteiger partial charge in [-0.2, -0.15) is 0 Å². The first-order chi connectivity index (χ1) is 10.5. The number of hydrogen-bond donors (Lipinski definition) is 2. The Balaban J connectivity index is 0.00000484. The van der Waals surface area contributed by atoms with Gasteiger partial charge in [-0.1, -0.05) is 6.92 Å². The fourth-order valence-corrected chi connectivity index (χ4v) is 2.16. The summed E-state index contributed by atoms with van der Waals surface area (Å²) in [5.41, 5.74) is 0. The molecule has 1 heterocycles. The first-order valence-corrected chi connectivity index (χ1v) is 8.39. The van der Waals surface area contributed by atoms with Crippen LogP contribution in [0.4, 0.5) is 0 Å². The summed E-state index contributed by atoms with van der Waals surface area (Å²) in [6, 6.07) is 0.326. The normalized spacial score (nSPS) is 19.5. The molecular weight excluding hydrogens is 407 g/mol. The van der Waals surface area contributed by atoms with Crippen LogP contribution in [0, 0.1) is 0 Å². The van der Waals surface area contributed by atoms with E-state index < -0.39 is 0 Å². The third kappa shape index (κ3) is 10.0. The molecule has 2 atom stereocenters. The van der Waals surface area contributed by atoms with E-state index in [1.165, 1.54) is 12.8 Å². The number of halogens is 1. The van der Waals surface area contributed by atoms with Gasteiger partial charge in [0.25, 0.3) is 0 Å². The largest absolute Gasteiger partial charge is 0.378 e. The minimum atomic E-state index is 0. The molecule has 1 rings (SSSR count). The fraction of sp³-hybridized carbons (Fsp3) is 0.875. The number of rotatable bonds is 7. The average Bonchev–Trinajstić information content (AvgIpc) is 2.52. The van der Waals surface area contributed by atoms with E-state index in [1.54, 1.807) is 19.0 Å². The molecule has 0 aromatic heterocycles. The topological polar surface area (TPSA) is 66.0 Å². The number of carbonyl (C=O) groups is 1. The Morgan fingerprint density at radius 3 is 2.70 bits per heavy atom. The molecule has 136 valence electrons. The van der Waals surface area contributed by atoms with Gasteiger partial charge in [-0.15, -0.1) is 24.0 Å². The van der Waals surface area contributed by atoms with E-state index in [4.69, 9.17) is 4.74 Å². The Kier molecular flexibility index (Phi) is 12.5. The minimum absolute atomic E-state index is 0. The first kappa shape index (κ1) is 22.4. The van der Waals surface area contributed by atoms with Crippen LogP contribution in [-0.2, 0) is 9.53 Å². The maximum absolute atomic E-state index is 11.7. The van der Waals surface area contributed by atoms with Crippen molar-refractivity contribution in [2.24, 2.45) is 4.99 Å². The molecule has 0 saturated carbocycles. The molecule has 1 aliphatic heterocycles. The Morgan fingerprint density at radius 1 is 1.39 bits per heavy atom. The van der Waals surface area contributed by atoms with Gasteiger partial charge < -0.3 is 20.3 Å².